The van der Waals surface area contributed by atoms with Gasteiger partial charge >= 0.3 is 0 Å². The van der Waals surface area contributed by atoms with Crippen LogP contribution in [0.1, 0.15) is 0 Å². The maximum absolute atomic E-state index is 10.6. The zero-order chi connectivity index (χ0) is 8.91. The van der Waals surface area contributed by atoms with E-state index in [0.29, 0.717) is 6.61 Å². The molecule has 0 saturated carbocycles. The van der Waals surface area contributed by atoms with Crippen molar-refractivity contribution in [2.24, 2.45) is 5.73 Å². The van der Waals surface area contributed by atoms with E-state index >= 15 is 0 Å². The molecular formula is C6H13NO3S. The van der Waals surface area contributed by atoms with Gasteiger partial charge in [0, 0.05) is 24.8 Å². The molecule has 0 unspecified atom stereocenters. The minimum absolute atomic E-state index is 0.325. The highest BCUT2D eigenvalue weighted by atomic mass is 32.2. The Morgan fingerprint density at radius 1 is 1.64 bits per heavy atom. The molecule has 66 valence electrons. The van der Waals surface area contributed by atoms with Crippen LogP contribution < -0.4 is 5.73 Å². The van der Waals surface area contributed by atoms with E-state index < -0.39 is 9.84 Å². The Labute approximate surface area is 67.0 Å². The van der Waals surface area contributed by atoms with Crippen LogP contribution in [0.15, 0.2) is 11.5 Å². The summed E-state index contributed by atoms with van der Waals surface area (Å²) in [6.45, 7) is 0.325. The third-order valence-corrected chi connectivity index (χ3v) is 1.58. The van der Waals surface area contributed by atoms with Crippen LogP contribution in [0.25, 0.3) is 0 Å². The highest BCUT2D eigenvalue weighted by molar-refractivity contribution is 7.93. The molecule has 5 heteroatoms. The fourth-order valence-corrected chi connectivity index (χ4v) is 0.979. The summed E-state index contributed by atoms with van der Waals surface area (Å²) in [5, 5.41) is 1.08. The van der Waals surface area contributed by atoms with Crippen LogP contribution in [0.4, 0.5) is 0 Å². The maximum atomic E-state index is 10.6. The van der Waals surface area contributed by atoms with Gasteiger partial charge in [-0.25, -0.2) is 8.42 Å². The second kappa shape index (κ2) is 4.48. The predicted molar refractivity (Wildman–Crippen MR) is 43.8 cm³/mol. The first kappa shape index (κ1) is 10.6. The van der Waals surface area contributed by atoms with Gasteiger partial charge in [0.2, 0.25) is 0 Å². The molecule has 0 aromatic carbocycles. The van der Waals surface area contributed by atoms with Crippen molar-refractivity contribution >= 4 is 9.84 Å². The van der Waals surface area contributed by atoms with Crippen LogP contribution in [0.3, 0.4) is 0 Å². The molecule has 2 N–H and O–H groups in total. The van der Waals surface area contributed by atoms with Gasteiger partial charge in [-0.1, -0.05) is 6.08 Å². The minimum atomic E-state index is -3.05. The summed E-state index contributed by atoms with van der Waals surface area (Å²) >= 11 is 0. The molecule has 0 aromatic rings. The lowest BCUT2D eigenvalue weighted by Gasteiger charge is -2.02. The van der Waals surface area contributed by atoms with Crippen LogP contribution in [0.5, 0.6) is 0 Å². The molecule has 0 heterocycles. The molecule has 0 aliphatic heterocycles. The summed E-state index contributed by atoms with van der Waals surface area (Å²) < 4.78 is 25.8. The molecular weight excluding hydrogens is 166 g/mol. The van der Waals surface area contributed by atoms with Gasteiger partial charge in [0.25, 0.3) is 0 Å². The van der Waals surface area contributed by atoms with Crippen LogP contribution >= 0.6 is 0 Å². The van der Waals surface area contributed by atoms with E-state index in [-0.39, 0.29) is 6.04 Å². The first-order chi connectivity index (χ1) is 4.95. The lowest BCUT2D eigenvalue weighted by atomic mass is 10.3. The molecule has 11 heavy (non-hydrogen) atoms. The number of hydrogen-bond acceptors (Lipinski definition) is 4. The van der Waals surface area contributed by atoms with Gasteiger partial charge < -0.3 is 10.5 Å². The van der Waals surface area contributed by atoms with Crippen LogP contribution in [-0.2, 0) is 14.6 Å². The smallest absolute Gasteiger partial charge is 0.168 e. The van der Waals surface area contributed by atoms with Gasteiger partial charge in [-0.15, -0.1) is 0 Å². The van der Waals surface area contributed by atoms with E-state index in [9.17, 15) is 8.42 Å². The topological polar surface area (TPSA) is 69.4 Å². The summed E-state index contributed by atoms with van der Waals surface area (Å²) in [4.78, 5) is 0. The van der Waals surface area contributed by atoms with E-state index in [1.54, 1.807) is 0 Å². The molecule has 0 bridgehead atoms. The fraction of sp³-hybridized carbons (Fsp3) is 0.667. The van der Waals surface area contributed by atoms with Crippen molar-refractivity contribution in [1.29, 1.82) is 0 Å². The first-order valence-electron chi connectivity index (χ1n) is 3.08. The highest BCUT2D eigenvalue weighted by Gasteiger charge is 1.97. The van der Waals surface area contributed by atoms with Crippen molar-refractivity contribution in [2.75, 3.05) is 20.0 Å². The van der Waals surface area contributed by atoms with E-state index in [4.69, 9.17) is 10.5 Å². The summed E-state index contributed by atoms with van der Waals surface area (Å²) in [7, 11) is -1.55. The SMILES string of the molecule is COC[C@H](N)/C=C\S(C)(=O)=O. The van der Waals surface area contributed by atoms with Crippen molar-refractivity contribution in [3.8, 4) is 0 Å². The number of rotatable bonds is 4. The zero-order valence-corrected chi connectivity index (χ0v) is 7.47. The van der Waals surface area contributed by atoms with Crippen molar-refractivity contribution < 1.29 is 13.2 Å². The standard InChI is InChI=1S/C6H13NO3S/c1-10-5-6(7)3-4-11(2,8)9/h3-4,6H,5,7H2,1-2H3/b4-3-/t6-/m1/s1. The van der Waals surface area contributed by atoms with Crippen LogP contribution in [0, 0.1) is 0 Å². The van der Waals surface area contributed by atoms with E-state index in [1.165, 1.54) is 13.2 Å². The van der Waals surface area contributed by atoms with E-state index in [2.05, 4.69) is 0 Å². The predicted octanol–water partition coefficient (Wildman–Crippen LogP) is -0.482. The Bertz CT molecular complexity index is 220. The number of sulfone groups is 1. The van der Waals surface area contributed by atoms with Gasteiger partial charge in [-0.2, -0.15) is 0 Å². The molecule has 0 radical (unpaired) electrons. The lowest BCUT2D eigenvalue weighted by Crippen LogP contribution is -2.22. The van der Waals surface area contributed by atoms with Gasteiger partial charge in [0.05, 0.1) is 6.61 Å². The van der Waals surface area contributed by atoms with Gasteiger partial charge in [0.1, 0.15) is 0 Å². The minimum Gasteiger partial charge on any atom is -0.383 e. The Kier molecular flexibility index (Phi) is 4.32. The molecule has 4 nitrogen and oxygen atoms in total. The monoisotopic (exact) mass is 179 g/mol. The second-order valence-corrected chi connectivity index (χ2v) is 4.21. The summed E-state index contributed by atoms with van der Waals surface area (Å²) in [6.07, 6.45) is 2.52. The Balaban J connectivity index is 3.93. The van der Waals surface area contributed by atoms with E-state index in [1.807, 2.05) is 0 Å². The maximum Gasteiger partial charge on any atom is 0.168 e. The van der Waals surface area contributed by atoms with Crippen molar-refractivity contribution in [1.82, 2.24) is 0 Å². The molecule has 0 aliphatic carbocycles. The molecule has 1 atom stereocenters. The average Bonchev–Trinajstić information content (AvgIpc) is 1.83. The Morgan fingerprint density at radius 2 is 2.18 bits per heavy atom. The average molecular weight is 179 g/mol. The number of methoxy groups -OCH3 is 1. The molecule has 0 aromatic heterocycles. The van der Waals surface area contributed by atoms with Gasteiger partial charge in [0.15, 0.2) is 9.84 Å². The lowest BCUT2D eigenvalue weighted by molar-refractivity contribution is 0.192. The summed E-state index contributed by atoms with van der Waals surface area (Å²) in [5.74, 6) is 0. The zero-order valence-electron chi connectivity index (χ0n) is 6.65. The van der Waals surface area contributed by atoms with Crippen molar-refractivity contribution in [2.45, 2.75) is 6.04 Å². The van der Waals surface area contributed by atoms with Crippen molar-refractivity contribution in [3.05, 3.63) is 11.5 Å². The molecule has 0 saturated heterocycles. The van der Waals surface area contributed by atoms with Crippen molar-refractivity contribution in [3.63, 3.8) is 0 Å². The normalized spacial score (nSPS) is 15.5. The molecule has 0 aliphatic rings. The van der Waals surface area contributed by atoms with E-state index in [0.717, 1.165) is 11.7 Å². The third-order valence-electron chi connectivity index (χ3n) is 0.932. The molecule has 0 fully saturated rings. The third kappa shape index (κ3) is 7.51. The number of ether oxygens (including phenoxy) is 1. The second-order valence-electron chi connectivity index (χ2n) is 2.28. The van der Waals surface area contributed by atoms with Gasteiger partial charge in [-0.3, -0.25) is 0 Å². The highest BCUT2D eigenvalue weighted by Crippen LogP contribution is 1.88. The Hall–Kier alpha value is -0.390. The van der Waals surface area contributed by atoms with Crippen LogP contribution in [0.2, 0.25) is 0 Å². The molecule has 0 rings (SSSR count). The summed E-state index contributed by atoms with van der Waals surface area (Å²) in [6, 6.07) is -0.352. The molecule has 0 spiro atoms. The Morgan fingerprint density at radius 3 is 2.55 bits per heavy atom. The van der Waals surface area contributed by atoms with Crippen LogP contribution in [-0.4, -0.2) is 34.4 Å². The number of hydrogen-bond donors (Lipinski definition) is 1. The van der Waals surface area contributed by atoms with Gasteiger partial charge in [-0.05, 0) is 0 Å². The summed E-state index contributed by atoms with van der Waals surface area (Å²) in [5.41, 5.74) is 5.42. The number of nitrogens with two attached hydrogens (primary N) is 1. The first-order valence-corrected chi connectivity index (χ1v) is 5.04. The fourth-order valence-electron chi connectivity index (χ4n) is 0.492. The largest absolute Gasteiger partial charge is 0.383 e. The molecule has 0 amide bonds. The quantitative estimate of drug-likeness (QED) is 0.632.